The first-order valence-electron chi connectivity index (χ1n) is 5.13. The lowest BCUT2D eigenvalue weighted by Crippen LogP contribution is -2.41. The highest BCUT2D eigenvalue weighted by atomic mass is 35.7. The maximum atomic E-state index is 13.5. The second-order valence-electron chi connectivity index (χ2n) is 3.82. The van der Waals surface area contributed by atoms with E-state index >= 15 is 0 Å². The molecule has 118 valence electrons. The number of hydrogen-bond acceptors (Lipinski definition) is 3. The molecule has 21 heavy (non-hydrogen) atoms. The number of halogens is 6. The van der Waals surface area contributed by atoms with Crippen molar-refractivity contribution in [2.75, 3.05) is 6.54 Å². The Balaban J connectivity index is 2.90. The van der Waals surface area contributed by atoms with Gasteiger partial charge in [-0.3, -0.25) is 4.79 Å². The fourth-order valence-electron chi connectivity index (χ4n) is 1.20. The predicted molar refractivity (Wildman–Crippen MR) is 62.7 cm³/mol. The molecule has 1 amide bonds. The first kappa shape index (κ1) is 17.6. The first-order valence-corrected chi connectivity index (χ1v) is 7.44. The van der Waals surface area contributed by atoms with E-state index in [2.05, 4.69) is 0 Å². The summed E-state index contributed by atoms with van der Waals surface area (Å²) in [7, 11) is 0.708. The van der Waals surface area contributed by atoms with Gasteiger partial charge in [-0.1, -0.05) is 0 Å². The van der Waals surface area contributed by atoms with Gasteiger partial charge in [0, 0.05) is 10.7 Å². The molecule has 1 aromatic carbocycles. The Morgan fingerprint density at radius 2 is 1.90 bits per heavy atom. The molecule has 11 heteroatoms. The lowest BCUT2D eigenvalue weighted by molar-refractivity contribution is -0.123. The lowest BCUT2D eigenvalue weighted by atomic mass is 10.2. The molecule has 4 nitrogen and oxygen atoms in total. The van der Waals surface area contributed by atoms with Crippen molar-refractivity contribution in [2.24, 2.45) is 0 Å². The summed E-state index contributed by atoms with van der Waals surface area (Å²) in [6.45, 7) is -1.70. The highest BCUT2D eigenvalue weighted by Crippen LogP contribution is 2.22. The Labute approximate surface area is 120 Å². The molecule has 0 fully saturated rings. The van der Waals surface area contributed by atoms with E-state index in [0.29, 0.717) is 12.1 Å². The number of carbonyl (C=O) groups excluding carboxylic acids is 1. The number of carbonyl (C=O) groups is 1. The molecule has 0 aliphatic carbocycles. The van der Waals surface area contributed by atoms with E-state index in [1.54, 1.807) is 0 Å². The highest BCUT2D eigenvalue weighted by Gasteiger charge is 2.41. The fourth-order valence-corrected chi connectivity index (χ4v) is 1.96. The molecule has 0 spiro atoms. The summed E-state index contributed by atoms with van der Waals surface area (Å²) in [4.78, 5) is 10.7. The van der Waals surface area contributed by atoms with E-state index in [1.807, 2.05) is 0 Å². The number of nitrogens with one attached hydrogen (secondary N) is 1. The third kappa shape index (κ3) is 4.53. The van der Waals surface area contributed by atoms with Crippen molar-refractivity contribution in [3.05, 3.63) is 29.6 Å². The Kier molecular flexibility index (Phi) is 5.16. The normalized spacial score (nSPS) is 12.5. The number of alkyl halides is 4. The van der Waals surface area contributed by atoms with Crippen LogP contribution in [-0.2, 0) is 9.05 Å². The Bertz CT molecular complexity index is 650. The number of amides is 1. The van der Waals surface area contributed by atoms with Gasteiger partial charge in [0.05, 0.1) is 17.0 Å². The minimum absolute atomic E-state index is 0.405. The SMILES string of the molecule is O=C(NCC(F)(F)C(F)F)c1ccc(S(=O)(=O)Cl)cc1F. The van der Waals surface area contributed by atoms with Gasteiger partial charge in [-0.2, -0.15) is 8.78 Å². The molecule has 0 atom stereocenters. The molecule has 0 aliphatic rings. The van der Waals surface area contributed by atoms with E-state index in [0.717, 1.165) is 6.07 Å². The zero-order chi connectivity index (χ0) is 16.4. The monoisotopic (exact) mass is 351 g/mol. The summed E-state index contributed by atoms with van der Waals surface area (Å²) in [5.74, 6) is -7.22. The van der Waals surface area contributed by atoms with Crippen LogP contribution in [0.3, 0.4) is 0 Å². The van der Waals surface area contributed by atoms with Gasteiger partial charge in [-0.05, 0) is 18.2 Å². The van der Waals surface area contributed by atoms with E-state index < -0.39 is 50.1 Å². The zero-order valence-electron chi connectivity index (χ0n) is 9.92. The molecule has 0 radical (unpaired) electrons. The summed E-state index contributed by atoms with van der Waals surface area (Å²) >= 11 is 0. The van der Waals surface area contributed by atoms with Crippen LogP contribution in [0.15, 0.2) is 23.1 Å². The molecule has 1 N–H and O–H groups in total. The van der Waals surface area contributed by atoms with Crippen molar-refractivity contribution >= 4 is 25.6 Å². The molecular weight excluding hydrogens is 345 g/mol. The summed E-state index contributed by atoms with van der Waals surface area (Å²) in [6.07, 6.45) is -3.99. The van der Waals surface area contributed by atoms with Gasteiger partial charge >= 0.3 is 12.3 Å². The molecule has 0 bridgehead atoms. The Hall–Kier alpha value is -1.42. The average molecular weight is 352 g/mol. The molecule has 1 aromatic rings. The highest BCUT2D eigenvalue weighted by molar-refractivity contribution is 8.13. The van der Waals surface area contributed by atoms with Crippen LogP contribution >= 0.6 is 10.7 Å². The topological polar surface area (TPSA) is 63.2 Å². The molecule has 0 heterocycles. The molecule has 0 aliphatic heterocycles. The van der Waals surface area contributed by atoms with Crippen LogP contribution < -0.4 is 5.32 Å². The first-order chi connectivity index (χ1) is 9.45. The third-order valence-electron chi connectivity index (χ3n) is 2.27. The summed E-state index contributed by atoms with van der Waals surface area (Å²) in [5, 5.41) is 1.43. The molecule has 0 saturated heterocycles. The van der Waals surface area contributed by atoms with Crippen LogP contribution in [0.4, 0.5) is 22.0 Å². The van der Waals surface area contributed by atoms with Gasteiger partial charge in [0.15, 0.2) is 0 Å². The predicted octanol–water partition coefficient (Wildman–Crippen LogP) is 2.38. The lowest BCUT2D eigenvalue weighted by Gasteiger charge is -2.15. The van der Waals surface area contributed by atoms with Gasteiger partial charge in [0.1, 0.15) is 5.82 Å². The largest absolute Gasteiger partial charge is 0.346 e. The molecule has 0 aromatic heterocycles. The van der Waals surface area contributed by atoms with Crippen molar-refractivity contribution in [1.82, 2.24) is 5.32 Å². The van der Waals surface area contributed by atoms with Crippen LogP contribution in [0.2, 0.25) is 0 Å². The molecular formula is C10H7ClF5NO3S. The van der Waals surface area contributed by atoms with Crippen molar-refractivity contribution in [3.63, 3.8) is 0 Å². The van der Waals surface area contributed by atoms with Crippen LogP contribution in [-0.4, -0.2) is 33.2 Å². The second-order valence-corrected chi connectivity index (χ2v) is 6.39. The van der Waals surface area contributed by atoms with Crippen LogP contribution in [0.5, 0.6) is 0 Å². The number of rotatable bonds is 5. The number of hydrogen-bond donors (Lipinski definition) is 1. The Morgan fingerprint density at radius 1 is 1.33 bits per heavy atom. The fraction of sp³-hybridized carbons (Fsp3) is 0.300. The van der Waals surface area contributed by atoms with Gasteiger partial charge < -0.3 is 5.32 Å². The smallest absolute Gasteiger partial charge is 0.324 e. The van der Waals surface area contributed by atoms with Crippen LogP contribution in [0.1, 0.15) is 10.4 Å². The molecule has 1 rings (SSSR count). The summed E-state index contributed by atoms with van der Waals surface area (Å²) in [6, 6.07) is 1.86. The standard InChI is InChI=1S/C10H7ClF5NO3S/c11-21(19,20)5-1-2-6(7(12)3-5)8(18)17-4-10(15,16)9(13)14/h1-3,9H,4H2,(H,17,18). The van der Waals surface area contributed by atoms with Crippen molar-refractivity contribution in [1.29, 1.82) is 0 Å². The van der Waals surface area contributed by atoms with E-state index in [1.165, 1.54) is 5.32 Å². The van der Waals surface area contributed by atoms with E-state index in [9.17, 15) is 35.2 Å². The van der Waals surface area contributed by atoms with E-state index in [-0.39, 0.29) is 0 Å². The van der Waals surface area contributed by atoms with Gasteiger partial charge in [-0.25, -0.2) is 21.6 Å². The maximum Gasteiger partial charge on any atom is 0.324 e. The van der Waals surface area contributed by atoms with Crippen molar-refractivity contribution in [2.45, 2.75) is 17.2 Å². The average Bonchev–Trinajstić information content (AvgIpc) is 2.34. The quantitative estimate of drug-likeness (QED) is 0.654. The summed E-state index contributed by atoms with van der Waals surface area (Å²) < 4.78 is 84.2. The van der Waals surface area contributed by atoms with Crippen molar-refractivity contribution < 1.29 is 35.2 Å². The van der Waals surface area contributed by atoms with Crippen LogP contribution in [0, 0.1) is 5.82 Å². The minimum atomic E-state index is -4.47. The van der Waals surface area contributed by atoms with Gasteiger partial charge in [-0.15, -0.1) is 0 Å². The van der Waals surface area contributed by atoms with E-state index in [4.69, 9.17) is 10.7 Å². The summed E-state index contributed by atoms with van der Waals surface area (Å²) in [5.41, 5.74) is -0.788. The van der Waals surface area contributed by atoms with Crippen LogP contribution in [0.25, 0.3) is 0 Å². The second kappa shape index (κ2) is 6.14. The minimum Gasteiger partial charge on any atom is -0.346 e. The van der Waals surface area contributed by atoms with Gasteiger partial charge in [0.25, 0.3) is 15.0 Å². The zero-order valence-corrected chi connectivity index (χ0v) is 11.5. The molecule has 0 unspecified atom stereocenters. The van der Waals surface area contributed by atoms with Gasteiger partial charge in [0.2, 0.25) is 0 Å². The Morgan fingerprint density at radius 3 is 2.33 bits per heavy atom. The third-order valence-corrected chi connectivity index (χ3v) is 3.62. The van der Waals surface area contributed by atoms with Crippen molar-refractivity contribution in [3.8, 4) is 0 Å². The molecule has 0 saturated carbocycles. The number of benzene rings is 1. The maximum absolute atomic E-state index is 13.5.